The first kappa shape index (κ1) is 12.5. The molecule has 0 aliphatic carbocycles. The van der Waals surface area contributed by atoms with Crippen LogP contribution < -0.4 is 5.32 Å². The maximum atomic E-state index is 11.8. The lowest BCUT2D eigenvalue weighted by molar-refractivity contribution is -0.135. The van der Waals surface area contributed by atoms with Crippen LogP contribution in [-0.4, -0.2) is 23.6 Å². The van der Waals surface area contributed by atoms with Gasteiger partial charge in [-0.05, 0) is 17.7 Å². The minimum absolute atomic E-state index is 0.0698. The van der Waals surface area contributed by atoms with E-state index in [1.165, 1.54) is 12.4 Å². The fourth-order valence-corrected chi connectivity index (χ4v) is 1.09. The predicted molar refractivity (Wildman–Crippen MR) is 51.6 cm³/mol. The lowest BCUT2D eigenvalue weighted by Crippen LogP contribution is -2.29. The summed E-state index contributed by atoms with van der Waals surface area (Å²) in [5, 5.41) is 2.21. The summed E-state index contributed by atoms with van der Waals surface area (Å²) >= 11 is 0. The molecule has 1 N–H and O–H groups in total. The Balaban J connectivity index is 2.27. The molecule has 1 rings (SSSR count). The van der Waals surface area contributed by atoms with Gasteiger partial charge in [-0.2, -0.15) is 13.2 Å². The van der Waals surface area contributed by atoms with E-state index in [-0.39, 0.29) is 13.0 Å². The van der Waals surface area contributed by atoms with Crippen molar-refractivity contribution in [3.05, 3.63) is 30.1 Å². The molecular formula is C10H11F3N2O. The maximum Gasteiger partial charge on any atom is 0.390 e. The smallest absolute Gasteiger partial charge is 0.355 e. The first-order chi connectivity index (χ1) is 7.47. The third-order valence-corrected chi connectivity index (χ3v) is 1.84. The van der Waals surface area contributed by atoms with E-state index in [1.807, 2.05) is 0 Å². The average Bonchev–Trinajstić information content (AvgIpc) is 2.17. The van der Waals surface area contributed by atoms with Gasteiger partial charge < -0.3 is 5.32 Å². The van der Waals surface area contributed by atoms with Gasteiger partial charge in [0, 0.05) is 18.9 Å². The molecule has 0 saturated heterocycles. The van der Waals surface area contributed by atoms with Crippen molar-refractivity contribution in [2.45, 2.75) is 19.0 Å². The lowest BCUT2D eigenvalue weighted by atomic mass is 10.2. The topological polar surface area (TPSA) is 42.0 Å². The fraction of sp³-hybridized carbons (Fsp3) is 0.400. The molecule has 0 aliphatic heterocycles. The number of rotatable bonds is 4. The van der Waals surface area contributed by atoms with Crippen LogP contribution >= 0.6 is 0 Å². The summed E-state index contributed by atoms with van der Waals surface area (Å²) < 4.78 is 35.3. The molecule has 6 heteroatoms. The summed E-state index contributed by atoms with van der Waals surface area (Å²) in [7, 11) is 0. The molecule has 1 aromatic heterocycles. The van der Waals surface area contributed by atoms with Gasteiger partial charge in [-0.3, -0.25) is 9.78 Å². The van der Waals surface area contributed by atoms with Crippen molar-refractivity contribution in [3.8, 4) is 0 Å². The van der Waals surface area contributed by atoms with E-state index in [0.717, 1.165) is 5.56 Å². The van der Waals surface area contributed by atoms with Gasteiger partial charge in [0.1, 0.15) is 0 Å². The van der Waals surface area contributed by atoms with Crippen molar-refractivity contribution in [3.63, 3.8) is 0 Å². The molecule has 0 aliphatic rings. The lowest BCUT2D eigenvalue weighted by Gasteiger charge is -2.07. The Kier molecular flexibility index (Phi) is 4.28. The highest BCUT2D eigenvalue weighted by Gasteiger charge is 2.26. The van der Waals surface area contributed by atoms with Crippen molar-refractivity contribution >= 4 is 5.91 Å². The molecule has 0 atom stereocenters. The molecule has 0 fully saturated rings. The zero-order chi connectivity index (χ0) is 12.0. The van der Waals surface area contributed by atoms with E-state index >= 15 is 0 Å². The third kappa shape index (κ3) is 5.33. The second-order valence-electron chi connectivity index (χ2n) is 3.25. The minimum Gasteiger partial charge on any atom is -0.355 e. The first-order valence-corrected chi connectivity index (χ1v) is 4.70. The maximum absolute atomic E-state index is 11.8. The molecule has 0 bridgehead atoms. The Labute approximate surface area is 90.7 Å². The highest BCUT2D eigenvalue weighted by Crippen LogP contribution is 2.18. The summed E-state index contributed by atoms with van der Waals surface area (Å²) in [5.41, 5.74) is 0.722. The standard InChI is InChI=1S/C10H11F3N2O/c11-10(12,13)3-6-15-9(16)7-8-1-4-14-5-2-8/h1-2,4-5H,3,6-7H2,(H,15,16). The Morgan fingerprint density at radius 1 is 1.31 bits per heavy atom. The molecule has 0 unspecified atom stereocenters. The van der Waals surface area contributed by atoms with Crippen molar-refractivity contribution in [1.29, 1.82) is 0 Å². The minimum atomic E-state index is -4.23. The molecule has 1 heterocycles. The summed E-state index contributed by atoms with van der Waals surface area (Å²) in [6, 6.07) is 3.28. The van der Waals surface area contributed by atoms with Crippen molar-refractivity contribution in [2.75, 3.05) is 6.54 Å². The first-order valence-electron chi connectivity index (χ1n) is 4.70. The van der Waals surface area contributed by atoms with Crippen molar-refractivity contribution in [1.82, 2.24) is 10.3 Å². The van der Waals surface area contributed by atoms with Crippen LogP contribution in [0.1, 0.15) is 12.0 Å². The Morgan fingerprint density at radius 3 is 2.50 bits per heavy atom. The number of carbonyl (C=O) groups excluding carboxylic acids is 1. The predicted octanol–water partition coefficient (Wildman–Crippen LogP) is 1.69. The Hall–Kier alpha value is -1.59. The number of hydrogen-bond acceptors (Lipinski definition) is 2. The zero-order valence-corrected chi connectivity index (χ0v) is 8.42. The number of alkyl halides is 3. The van der Waals surface area contributed by atoms with Gasteiger partial charge >= 0.3 is 6.18 Å². The van der Waals surface area contributed by atoms with E-state index in [1.54, 1.807) is 12.1 Å². The number of nitrogens with zero attached hydrogens (tertiary/aromatic N) is 1. The molecule has 3 nitrogen and oxygen atoms in total. The second kappa shape index (κ2) is 5.48. The van der Waals surface area contributed by atoms with E-state index in [0.29, 0.717) is 0 Å². The molecule has 0 saturated carbocycles. The van der Waals surface area contributed by atoms with Gasteiger partial charge in [-0.1, -0.05) is 0 Å². The van der Waals surface area contributed by atoms with Crippen LogP contribution in [0.4, 0.5) is 13.2 Å². The normalized spacial score (nSPS) is 11.2. The number of amides is 1. The van der Waals surface area contributed by atoms with Crippen LogP contribution in [0.5, 0.6) is 0 Å². The van der Waals surface area contributed by atoms with Gasteiger partial charge in [0.05, 0.1) is 12.8 Å². The molecule has 88 valence electrons. The van der Waals surface area contributed by atoms with Crippen molar-refractivity contribution in [2.24, 2.45) is 0 Å². The van der Waals surface area contributed by atoms with Crippen LogP contribution in [0, 0.1) is 0 Å². The fourth-order valence-electron chi connectivity index (χ4n) is 1.09. The van der Waals surface area contributed by atoms with Crippen LogP contribution in [0.15, 0.2) is 24.5 Å². The molecule has 1 aromatic rings. The number of nitrogens with one attached hydrogen (secondary N) is 1. The summed E-state index contributed by atoms with van der Waals surface area (Å²) in [6.45, 7) is -0.382. The second-order valence-corrected chi connectivity index (χ2v) is 3.25. The van der Waals surface area contributed by atoms with Gasteiger partial charge in [-0.25, -0.2) is 0 Å². The third-order valence-electron chi connectivity index (χ3n) is 1.84. The van der Waals surface area contributed by atoms with Gasteiger partial charge in [0.15, 0.2) is 0 Å². The molecule has 0 aromatic carbocycles. The number of hydrogen-bond donors (Lipinski definition) is 1. The molecular weight excluding hydrogens is 221 g/mol. The molecule has 16 heavy (non-hydrogen) atoms. The number of pyridine rings is 1. The van der Waals surface area contributed by atoms with Crippen LogP contribution in [0.25, 0.3) is 0 Å². The Morgan fingerprint density at radius 2 is 1.94 bits per heavy atom. The molecule has 0 radical (unpaired) electrons. The van der Waals surface area contributed by atoms with Gasteiger partial charge in [-0.15, -0.1) is 0 Å². The summed E-state index contributed by atoms with van der Waals surface area (Å²) in [5.74, 6) is -0.421. The zero-order valence-electron chi connectivity index (χ0n) is 8.42. The van der Waals surface area contributed by atoms with E-state index in [9.17, 15) is 18.0 Å². The number of aromatic nitrogens is 1. The SMILES string of the molecule is O=C(Cc1ccncc1)NCCC(F)(F)F. The monoisotopic (exact) mass is 232 g/mol. The average molecular weight is 232 g/mol. The largest absolute Gasteiger partial charge is 0.390 e. The highest BCUT2D eigenvalue weighted by molar-refractivity contribution is 5.78. The van der Waals surface area contributed by atoms with Crippen LogP contribution in [-0.2, 0) is 11.2 Å². The summed E-state index contributed by atoms with van der Waals surface area (Å²) in [4.78, 5) is 15.0. The number of carbonyl (C=O) groups is 1. The Bertz CT molecular complexity index is 338. The van der Waals surface area contributed by atoms with Crippen LogP contribution in [0.3, 0.4) is 0 Å². The quantitative estimate of drug-likeness (QED) is 0.858. The van der Waals surface area contributed by atoms with E-state index < -0.39 is 18.5 Å². The van der Waals surface area contributed by atoms with Gasteiger partial charge in [0.2, 0.25) is 5.91 Å². The molecule has 0 spiro atoms. The van der Waals surface area contributed by atoms with E-state index in [4.69, 9.17) is 0 Å². The van der Waals surface area contributed by atoms with Crippen LogP contribution in [0.2, 0.25) is 0 Å². The van der Waals surface area contributed by atoms with Gasteiger partial charge in [0.25, 0.3) is 0 Å². The molecule has 1 amide bonds. The van der Waals surface area contributed by atoms with E-state index in [2.05, 4.69) is 10.3 Å². The highest BCUT2D eigenvalue weighted by atomic mass is 19.4. The summed E-state index contributed by atoms with van der Waals surface area (Å²) in [6.07, 6.45) is -2.12. The number of halogens is 3. The van der Waals surface area contributed by atoms with Crippen molar-refractivity contribution < 1.29 is 18.0 Å².